The van der Waals surface area contributed by atoms with Crippen molar-refractivity contribution in [2.45, 2.75) is 0 Å². The van der Waals surface area contributed by atoms with E-state index in [9.17, 15) is 0 Å². The van der Waals surface area contributed by atoms with Gasteiger partial charge in [0.15, 0.2) is 0 Å². The van der Waals surface area contributed by atoms with Crippen LogP contribution in [0.1, 0.15) is 0 Å². The minimum atomic E-state index is 0.0466. The molecule has 1 aromatic heterocycles. The first-order chi connectivity index (χ1) is 6.15. The molecule has 0 aromatic carbocycles. The summed E-state index contributed by atoms with van der Waals surface area (Å²) in [6.07, 6.45) is 3.45. The quantitative estimate of drug-likeness (QED) is 0.203. The van der Waals surface area contributed by atoms with Gasteiger partial charge in [0.2, 0.25) is 0 Å². The zero-order chi connectivity index (χ0) is 9.84. The number of aromatic nitrogens is 1. The molecule has 0 aliphatic heterocycles. The van der Waals surface area contributed by atoms with Gasteiger partial charge in [0.1, 0.15) is 5.16 Å². The van der Waals surface area contributed by atoms with Gasteiger partial charge in [-0.25, -0.2) is 4.57 Å². The summed E-state index contributed by atoms with van der Waals surface area (Å²) in [6, 6.07) is 3.75. The SMILES string of the molecule is CN(C)c1cc[n+](C(N)=NO)cc1. The third-order valence-electron chi connectivity index (χ3n) is 1.70. The van der Waals surface area contributed by atoms with Crippen molar-refractivity contribution in [3.63, 3.8) is 0 Å². The van der Waals surface area contributed by atoms with Crippen LogP contribution in [0.5, 0.6) is 0 Å². The Hall–Kier alpha value is -1.78. The summed E-state index contributed by atoms with van der Waals surface area (Å²) in [5.74, 6) is 0.0466. The Morgan fingerprint density at radius 3 is 2.38 bits per heavy atom. The van der Waals surface area contributed by atoms with Gasteiger partial charge in [-0.3, -0.25) is 5.73 Å². The van der Waals surface area contributed by atoms with E-state index in [1.165, 1.54) is 4.57 Å². The summed E-state index contributed by atoms with van der Waals surface area (Å²) in [6.45, 7) is 0. The number of anilines is 1. The number of oxime groups is 1. The van der Waals surface area contributed by atoms with Crippen LogP contribution < -0.4 is 15.2 Å². The lowest BCUT2D eigenvalue weighted by Gasteiger charge is -2.11. The molecule has 0 fully saturated rings. The van der Waals surface area contributed by atoms with E-state index in [2.05, 4.69) is 5.16 Å². The highest BCUT2D eigenvalue weighted by Crippen LogP contribution is 2.05. The molecule has 0 spiro atoms. The highest BCUT2D eigenvalue weighted by Gasteiger charge is 2.04. The van der Waals surface area contributed by atoms with Crippen molar-refractivity contribution in [3.05, 3.63) is 24.5 Å². The Kier molecular flexibility index (Phi) is 2.69. The fourth-order valence-corrected chi connectivity index (χ4v) is 0.921. The molecule has 0 saturated heterocycles. The van der Waals surface area contributed by atoms with Crippen molar-refractivity contribution >= 4 is 11.6 Å². The lowest BCUT2D eigenvalue weighted by molar-refractivity contribution is -0.558. The third-order valence-corrected chi connectivity index (χ3v) is 1.70. The minimum absolute atomic E-state index is 0.0466. The summed E-state index contributed by atoms with van der Waals surface area (Å²) in [5.41, 5.74) is 6.43. The van der Waals surface area contributed by atoms with E-state index >= 15 is 0 Å². The summed E-state index contributed by atoms with van der Waals surface area (Å²) in [5, 5.41) is 11.3. The first kappa shape index (κ1) is 9.31. The largest absolute Gasteiger partial charge is 0.432 e. The summed E-state index contributed by atoms with van der Waals surface area (Å²) >= 11 is 0. The maximum absolute atomic E-state index is 8.40. The number of hydrogen-bond donors (Lipinski definition) is 2. The average molecular weight is 181 g/mol. The van der Waals surface area contributed by atoms with Crippen LogP contribution in [-0.2, 0) is 0 Å². The van der Waals surface area contributed by atoms with Crippen molar-refractivity contribution in [1.82, 2.24) is 0 Å². The van der Waals surface area contributed by atoms with E-state index in [0.29, 0.717) is 0 Å². The van der Waals surface area contributed by atoms with Crippen LogP contribution in [-0.4, -0.2) is 25.3 Å². The second kappa shape index (κ2) is 3.75. The molecule has 0 amide bonds. The van der Waals surface area contributed by atoms with Gasteiger partial charge in [0, 0.05) is 19.8 Å². The second-order valence-corrected chi connectivity index (χ2v) is 2.82. The van der Waals surface area contributed by atoms with Crippen LogP contribution in [0.15, 0.2) is 29.7 Å². The Bertz CT molecular complexity index is 304. The maximum atomic E-state index is 8.40. The van der Waals surface area contributed by atoms with Crippen molar-refractivity contribution < 1.29 is 9.77 Å². The van der Waals surface area contributed by atoms with Gasteiger partial charge in [-0.2, -0.15) is 0 Å². The van der Waals surface area contributed by atoms with Crippen LogP contribution in [0, 0.1) is 0 Å². The van der Waals surface area contributed by atoms with Crippen LogP contribution in [0.25, 0.3) is 0 Å². The predicted molar refractivity (Wildman–Crippen MR) is 49.8 cm³/mol. The topological polar surface area (TPSA) is 65.7 Å². The number of rotatable bonds is 1. The Labute approximate surface area is 76.7 Å². The molecule has 5 nitrogen and oxygen atoms in total. The molecule has 13 heavy (non-hydrogen) atoms. The number of pyridine rings is 1. The van der Waals surface area contributed by atoms with E-state index in [-0.39, 0.29) is 5.96 Å². The molecule has 5 heteroatoms. The highest BCUT2D eigenvalue weighted by atomic mass is 16.4. The first-order valence-electron chi connectivity index (χ1n) is 3.81. The lowest BCUT2D eigenvalue weighted by Crippen LogP contribution is -2.48. The molecule has 0 saturated carbocycles. The first-order valence-corrected chi connectivity index (χ1v) is 3.81. The van der Waals surface area contributed by atoms with Gasteiger partial charge < -0.3 is 10.1 Å². The van der Waals surface area contributed by atoms with Gasteiger partial charge in [0.05, 0.1) is 12.4 Å². The smallest absolute Gasteiger partial charge is 0.377 e. The van der Waals surface area contributed by atoms with Gasteiger partial charge in [-0.05, 0) is 12.1 Å². The molecule has 0 unspecified atom stereocenters. The van der Waals surface area contributed by atoms with Crippen molar-refractivity contribution in [3.8, 4) is 0 Å². The molecule has 0 aliphatic rings. The number of nitrogens with two attached hydrogens (primary N) is 1. The molecular weight excluding hydrogens is 168 g/mol. The van der Waals surface area contributed by atoms with Crippen LogP contribution in [0.3, 0.4) is 0 Å². The molecule has 0 atom stereocenters. The minimum Gasteiger partial charge on any atom is -0.377 e. The second-order valence-electron chi connectivity index (χ2n) is 2.82. The Morgan fingerprint density at radius 2 is 2.00 bits per heavy atom. The molecule has 1 heterocycles. The lowest BCUT2D eigenvalue weighted by atomic mass is 10.4. The van der Waals surface area contributed by atoms with Gasteiger partial charge in [-0.15, -0.1) is 0 Å². The molecular formula is C8H13N4O+. The Morgan fingerprint density at radius 1 is 1.46 bits per heavy atom. The van der Waals surface area contributed by atoms with Crippen molar-refractivity contribution in [1.29, 1.82) is 0 Å². The molecule has 1 aromatic rings. The van der Waals surface area contributed by atoms with E-state index in [1.54, 1.807) is 12.4 Å². The monoisotopic (exact) mass is 181 g/mol. The molecule has 0 aliphatic carbocycles. The maximum Gasteiger partial charge on any atom is 0.432 e. The van der Waals surface area contributed by atoms with Gasteiger partial charge in [0.25, 0.3) is 0 Å². The third kappa shape index (κ3) is 2.08. The zero-order valence-corrected chi connectivity index (χ0v) is 7.68. The standard InChI is InChI=1S/C8H12N4O/c1-11(2)7-3-5-12(6-4-7)8(9)10-13/h3-6H,1-2H3,(H2-,9,10,13)/p+1. The van der Waals surface area contributed by atoms with Crippen molar-refractivity contribution in [2.24, 2.45) is 10.9 Å². The summed E-state index contributed by atoms with van der Waals surface area (Å²) in [4.78, 5) is 1.97. The van der Waals surface area contributed by atoms with E-state index in [0.717, 1.165) is 5.69 Å². The van der Waals surface area contributed by atoms with E-state index < -0.39 is 0 Å². The zero-order valence-electron chi connectivity index (χ0n) is 7.68. The van der Waals surface area contributed by atoms with Crippen LogP contribution in [0.2, 0.25) is 0 Å². The van der Waals surface area contributed by atoms with Crippen LogP contribution >= 0.6 is 0 Å². The normalized spacial score (nSPS) is 11.4. The number of nitrogens with zero attached hydrogens (tertiary/aromatic N) is 3. The molecule has 0 radical (unpaired) electrons. The van der Waals surface area contributed by atoms with E-state index in [1.807, 2.05) is 31.1 Å². The van der Waals surface area contributed by atoms with E-state index in [4.69, 9.17) is 10.9 Å². The fraction of sp³-hybridized carbons (Fsp3) is 0.250. The van der Waals surface area contributed by atoms with Crippen molar-refractivity contribution in [2.75, 3.05) is 19.0 Å². The fourth-order valence-electron chi connectivity index (χ4n) is 0.921. The van der Waals surface area contributed by atoms with Crippen LogP contribution in [0.4, 0.5) is 5.69 Å². The highest BCUT2D eigenvalue weighted by molar-refractivity contribution is 5.67. The summed E-state index contributed by atoms with van der Waals surface area (Å²) in [7, 11) is 3.90. The molecule has 0 bridgehead atoms. The number of hydrogen-bond acceptors (Lipinski definition) is 3. The molecule has 1 rings (SSSR count). The average Bonchev–Trinajstić information content (AvgIpc) is 2.17. The summed E-state index contributed by atoms with van der Waals surface area (Å²) < 4.78 is 1.52. The Balaban J connectivity index is 2.94. The molecule has 3 N–H and O–H groups in total. The predicted octanol–water partition coefficient (Wildman–Crippen LogP) is -0.408. The van der Waals surface area contributed by atoms with Gasteiger partial charge in [-0.1, -0.05) is 0 Å². The van der Waals surface area contributed by atoms with Gasteiger partial charge >= 0.3 is 5.96 Å². The molecule has 70 valence electrons.